The summed E-state index contributed by atoms with van der Waals surface area (Å²) in [6.07, 6.45) is 9.20. The number of amides is 1. The molecule has 0 bridgehead atoms. The van der Waals surface area contributed by atoms with Gasteiger partial charge in [0.15, 0.2) is 0 Å². The van der Waals surface area contributed by atoms with Crippen LogP contribution in [-0.2, 0) is 11.2 Å². The highest BCUT2D eigenvalue weighted by molar-refractivity contribution is 5.85. The zero-order valence-corrected chi connectivity index (χ0v) is 15.7. The fourth-order valence-electron chi connectivity index (χ4n) is 4.49. The van der Waals surface area contributed by atoms with Crippen LogP contribution in [0.5, 0.6) is 0 Å². The normalized spacial score (nSPS) is 22.5. The van der Waals surface area contributed by atoms with Gasteiger partial charge in [-0.05, 0) is 61.8 Å². The molecule has 1 aromatic carbocycles. The Morgan fingerprint density at radius 1 is 1.24 bits per heavy atom. The van der Waals surface area contributed by atoms with E-state index >= 15 is 0 Å². The Kier molecular flexibility index (Phi) is 7.26. The molecule has 2 fully saturated rings. The summed E-state index contributed by atoms with van der Waals surface area (Å²) in [5.41, 5.74) is 7.04. The van der Waals surface area contributed by atoms with Crippen LogP contribution in [0.15, 0.2) is 24.3 Å². The van der Waals surface area contributed by atoms with E-state index in [0.29, 0.717) is 13.0 Å². The van der Waals surface area contributed by atoms with E-state index in [1.807, 2.05) is 11.0 Å². The predicted octanol–water partition coefficient (Wildman–Crippen LogP) is 4.08. The number of halogens is 2. The summed E-state index contributed by atoms with van der Waals surface area (Å²) in [4.78, 5) is 15.0. The lowest BCUT2D eigenvalue weighted by Gasteiger charge is -2.37. The van der Waals surface area contributed by atoms with Crippen molar-refractivity contribution in [2.24, 2.45) is 11.1 Å². The van der Waals surface area contributed by atoms with Gasteiger partial charge in [0.1, 0.15) is 5.82 Å². The summed E-state index contributed by atoms with van der Waals surface area (Å²) >= 11 is 0. The van der Waals surface area contributed by atoms with Crippen molar-refractivity contribution in [3.05, 3.63) is 35.6 Å². The lowest BCUT2D eigenvalue weighted by molar-refractivity contribution is -0.135. The highest BCUT2D eigenvalue weighted by Crippen LogP contribution is 2.39. The molecular formula is C20H30ClFN2O. The minimum Gasteiger partial charge on any atom is -0.339 e. The van der Waals surface area contributed by atoms with E-state index in [0.717, 1.165) is 44.2 Å². The molecule has 1 aliphatic heterocycles. The zero-order chi connectivity index (χ0) is 17.0. The molecule has 1 aromatic rings. The summed E-state index contributed by atoms with van der Waals surface area (Å²) in [5, 5.41) is 0. The Balaban J connectivity index is 0.00000225. The Morgan fingerprint density at radius 2 is 2.00 bits per heavy atom. The van der Waals surface area contributed by atoms with Gasteiger partial charge in [0.05, 0.1) is 0 Å². The van der Waals surface area contributed by atoms with Gasteiger partial charge in [0.25, 0.3) is 0 Å². The molecule has 5 heteroatoms. The summed E-state index contributed by atoms with van der Waals surface area (Å²) in [5.74, 6) is 0.0499. The third kappa shape index (κ3) is 4.95. The number of hydrogen-bond acceptors (Lipinski definition) is 2. The molecule has 25 heavy (non-hydrogen) atoms. The molecular weight excluding hydrogens is 339 g/mol. The Bertz CT molecular complexity index is 575. The second-order valence-electron chi connectivity index (χ2n) is 7.66. The van der Waals surface area contributed by atoms with Crippen LogP contribution in [0.3, 0.4) is 0 Å². The number of nitrogens with zero attached hydrogens (tertiary/aromatic N) is 1. The summed E-state index contributed by atoms with van der Waals surface area (Å²) in [7, 11) is 0. The van der Waals surface area contributed by atoms with E-state index in [2.05, 4.69) is 0 Å². The first-order chi connectivity index (χ1) is 11.6. The summed E-state index contributed by atoms with van der Waals surface area (Å²) in [6.45, 7) is 1.45. The second-order valence-corrected chi connectivity index (χ2v) is 7.66. The lowest BCUT2D eigenvalue weighted by atomic mass is 9.71. The van der Waals surface area contributed by atoms with E-state index < -0.39 is 0 Å². The van der Waals surface area contributed by atoms with E-state index in [1.165, 1.54) is 25.3 Å². The molecule has 1 saturated carbocycles. The number of hydrogen-bond donors (Lipinski definition) is 1. The minimum absolute atomic E-state index is 0. The third-order valence-electron chi connectivity index (χ3n) is 5.93. The second kappa shape index (κ2) is 9.00. The molecule has 1 atom stereocenters. The zero-order valence-electron chi connectivity index (χ0n) is 14.9. The maximum atomic E-state index is 13.4. The van der Waals surface area contributed by atoms with Gasteiger partial charge >= 0.3 is 0 Å². The maximum absolute atomic E-state index is 13.4. The van der Waals surface area contributed by atoms with Crippen molar-refractivity contribution in [1.29, 1.82) is 0 Å². The van der Waals surface area contributed by atoms with E-state index in [1.54, 1.807) is 12.1 Å². The Morgan fingerprint density at radius 3 is 2.68 bits per heavy atom. The van der Waals surface area contributed by atoms with E-state index in [4.69, 9.17) is 5.73 Å². The molecule has 2 N–H and O–H groups in total. The van der Waals surface area contributed by atoms with Gasteiger partial charge in [0.2, 0.25) is 5.91 Å². The van der Waals surface area contributed by atoms with Gasteiger partial charge in [-0.1, -0.05) is 31.4 Å². The lowest BCUT2D eigenvalue weighted by Crippen LogP contribution is -2.43. The molecule has 3 nitrogen and oxygen atoms in total. The van der Waals surface area contributed by atoms with Crippen molar-refractivity contribution < 1.29 is 9.18 Å². The van der Waals surface area contributed by atoms with Crippen molar-refractivity contribution in [1.82, 2.24) is 4.90 Å². The van der Waals surface area contributed by atoms with Crippen LogP contribution in [0.1, 0.15) is 56.9 Å². The summed E-state index contributed by atoms with van der Waals surface area (Å²) in [6, 6.07) is 6.96. The number of carbonyl (C=O) groups excluding carboxylic acids is 1. The van der Waals surface area contributed by atoms with Gasteiger partial charge in [-0.2, -0.15) is 0 Å². The molecule has 3 rings (SSSR count). The Labute approximate surface area is 156 Å². The maximum Gasteiger partial charge on any atom is 0.223 e. The number of rotatable bonds is 5. The van der Waals surface area contributed by atoms with Crippen molar-refractivity contribution in [2.45, 2.75) is 63.8 Å². The first-order valence-corrected chi connectivity index (χ1v) is 9.36. The quantitative estimate of drug-likeness (QED) is 0.851. The van der Waals surface area contributed by atoms with Crippen LogP contribution < -0.4 is 5.73 Å². The average molecular weight is 369 g/mol. The first kappa shape index (κ1) is 20.2. The highest BCUT2D eigenvalue weighted by atomic mass is 35.5. The number of carbonyl (C=O) groups is 1. The predicted molar refractivity (Wildman–Crippen MR) is 101 cm³/mol. The molecule has 1 unspecified atom stereocenters. The van der Waals surface area contributed by atoms with E-state index in [9.17, 15) is 9.18 Å². The highest BCUT2D eigenvalue weighted by Gasteiger charge is 2.37. The van der Waals surface area contributed by atoms with Crippen LogP contribution in [0, 0.1) is 11.2 Å². The number of likely N-dealkylation sites (tertiary alicyclic amines) is 1. The third-order valence-corrected chi connectivity index (χ3v) is 5.93. The number of nitrogens with two attached hydrogens (primary N) is 1. The average Bonchev–Trinajstić information content (AvgIpc) is 3.04. The monoisotopic (exact) mass is 368 g/mol. The molecule has 1 saturated heterocycles. The molecule has 140 valence electrons. The van der Waals surface area contributed by atoms with Gasteiger partial charge < -0.3 is 10.6 Å². The van der Waals surface area contributed by atoms with Crippen LogP contribution >= 0.6 is 12.4 Å². The van der Waals surface area contributed by atoms with Crippen LogP contribution in [0.2, 0.25) is 0 Å². The first-order valence-electron chi connectivity index (χ1n) is 9.36. The van der Waals surface area contributed by atoms with Crippen molar-refractivity contribution in [3.8, 4) is 0 Å². The SMILES string of the molecule is Cl.NCC1(CC(=O)N2CCCC2Cc2cccc(F)c2)CCCCC1. The number of benzene rings is 1. The standard InChI is InChI=1S/C20H29FN2O.ClH/c21-17-7-4-6-16(12-17)13-18-8-5-11-23(18)19(24)14-20(15-22)9-2-1-3-10-20;/h4,6-7,12,18H,1-3,5,8-11,13-15,22H2;1H. The van der Waals surface area contributed by atoms with Crippen molar-refractivity contribution in [3.63, 3.8) is 0 Å². The molecule has 1 aliphatic carbocycles. The van der Waals surface area contributed by atoms with Gasteiger partial charge in [-0.3, -0.25) is 4.79 Å². The molecule has 1 heterocycles. The van der Waals surface area contributed by atoms with Crippen molar-refractivity contribution >= 4 is 18.3 Å². The fourth-order valence-corrected chi connectivity index (χ4v) is 4.49. The van der Waals surface area contributed by atoms with Crippen LogP contribution in [-0.4, -0.2) is 29.9 Å². The summed E-state index contributed by atoms with van der Waals surface area (Å²) < 4.78 is 13.4. The fraction of sp³-hybridized carbons (Fsp3) is 0.650. The Hall–Kier alpha value is -1.13. The van der Waals surface area contributed by atoms with Gasteiger partial charge in [-0.25, -0.2) is 4.39 Å². The minimum atomic E-state index is -0.201. The molecule has 1 amide bonds. The molecule has 0 spiro atoms. The van der Waals surface area contributed by atoms with Crippen LogP contribution in [0.4, 0.5) is 4.39 Å². The van der Waals surface area contributed by atoms with E-state index in [-0.39, 0.29) is 35.6 Å². The van der Waals surface area contributed by atoms with Gasteiger partial charge in [-0.15, -0.1) is 12.4 Å². The molecule has 0 aromatic heterocycles. The molecule has 2 aliphatic rings. The van der Waals surface area contributed by atoms with Gasteiger partial charge in [0, 0.05) is 19.0 Å². The topological polar surface area (TPSA) is 46.3 Å². The largest absolute Gasteiger partial charge is 0.339 e. The smallest absolute Gasteiger partial charge is 0.223 e. The van der Waals surface area contributed by atoms with Crippen LogP contribution in [0.25, 0.3) is 0 Å². The van der Waals surface area contributed by atoms with Crippen molar-refractivity contribution in [2.75, 3.05) is 13.1 Å². The molecule has 0 radical (unpaired) electrons.